The van der Waals surface area contributed by atoms with Crippen molar-refractivity contribution in [3.63, 3.8) is 0 Å². The van der Waals surface area contributed by atoms with E-state index < -0.39 is 11.7 Å². The van der Waals surface area contributed by atoms with Gasteiger partial charge in [-0.15, -0.1) is 0 Å². The van der Waals surface area contributed by atoms with E-state index in [0.29, 0.717) is 22.9 Å². The summed E-state index contributed by atoms with van der Waals surface area (Å²) in [5, 5.41) is 6.09. The van der Waals surface area contributed by atoms with E-state index in [1.165, 1.54) is 21.3 Å². The molecule has 1 aliphatic carbocycles. The second-order valence-corrected chi connectivity index (χ2v) is 7.32. The molecule has 6 N–H and O–H groups in total. The first-order valence-corrected chi connectivity index (χ1v) is 9.97. The number of nitrogens with two attached hydrogens (primary N) is 2. The molecule has 0 saturated heterocycles. The number of rotatable bonds is 8. The summed E-state index contributed by atoms with van der Waals surface area (Å²) in [5.74, 6) is -0.190. The van der Waals surface area contributed by atoms with Gasteiger partial charge in [0.25, 0.3) is 5.91 Å². The van der Waals surface area contributed by atoms with Crippen LogP contribution >= 0.6 is 0 Å². The van der Waals surface area contributed by atoms with Crippen LogP contribution in [0.5, 0.6) is 17.2 Å². The first-order chi connectivity index (χ1) is 14.9. The molecule has 10 heteroatoms. The first-order valence-electron chi connectivity index (χ1n) is 9.97. The normalized spacial score (nSPS) is 18.2. The molecule has 0 radical (unpaired) electrons. The number of carbonyl (C=O) groups excluding carboxylic acids is 1. The van der Waals surface area contributed by atoms with Gasteiger partial charge in [0.1, 0.15) is 5.82 Å². The van der Waals surface area contributed by atoms with Crippen molar-refractivity contribution in [2.75, 3.05) is 32.0 Å². The number of benzene rings is 1. The molecular formula is C21H28FN5O4. The third-order valence-corrected chi connectivity index (χ3v) is 5.31. The molecule has 1 amide bonds. The number of pyridine rings is 1. The van der Waals surface area contributed by atoms with Crippen molar-refractivity contribution in [2.45, 2.75) is 37.8 Å². The van der Waals surface area contributed by atoms with Gasteiger partial charge in [-0.3, -0.25) is 4.79 Å². The molecule has 1 fully saturated rings. The average Bonchev–Trinajstić information content (AvgIpc) is 2.76. The monoisotopic (exact) mass is 433 g/mol. The van der Waals surface area contributed by atoms with Gasteiger partial charge < -0.3 is 36.3 Å². The van der Waals surface area contributed by atoms with E-state index in [4.69, 9.17) is 25.7 Å². The largest absolute Gasteiger partial charge is 0.493 e. The zero-order valence-corrected chi connectivity index (χ0v) is 17.8. The van der Waals surface area contributed by atoms with E-state index in [-0.39, 0.29) is 29.3 Å². The van der Waals surface area contributed by atoms with Gasteiger partial charge in [0.15, 0.2) is 23.1 Å². The number of nitrogens with one attached hydrogen (secondary N) is 2. The van der Waals surface area contributed by atoms with Gasteiger partial charge in [0, 0.05) is 29.9 Å². The van der Waals surface area contributed by atoms with E-state index >= 15 is 0 Å². The molecule has 1 aromatic carbocycles. The van der Waals surface area contributed by atoms with Crippen molar-refractivity contribution in [2.24, 2.45) is 11.5 Å². The van der Waals surface area contributed by atoms with Crippen LogP contribution in [0, 0.1) is 5.82 Å². The van der Waals surface area contributed by atoms with Crippen molar-refractivity contribution < 1.29 is 23.4 Å². The second-order valence-electron chi connectivity index (χ2n) is 7.32. The van der Waals surface area contributed by atoms with Gasteiger partial charge in [-0.1, -0.05) is 12.8 Å². The fourth-order valence-electron chi connectivity index (χ4n) is 3.68. The maximum Gasteiger partial charge on any atom is 0.252 e. The van der Waals surface area contributed by atoms with Crippen LogP contribution in [0.2, 0.25) is 0 Å². The molecule has 9 nitrogen and oxygen atoms in total. The third kappa shape index (κ3) is 4.91. The van der Waals surface area contributed by atoms with Gasteiger partial charge in [-0.05, 0) is 18.9 Å². The predicted molar refractivity (Wildman–Crippen MR) is 116 cm³/mol. The van der Waals surface area contributed by atoms with Crippen LogP contribution in [0.4, 0.5) is 21.7 Å². The third-order valence-electron chi connectivity index (χ3n) is 5.31. The summed E-state index contributed by atoms with van der Waals surface area (Å²) in [6.45, 7) is 0. The lowest BCUT2D eigenvalue weighted by Crippen LogP contribution is -2.43. The molecule has 0 spiro atoms. The number of hydrogen-bond acceptors (Lipinski definition) is 8. The SMILES string of the molecule is COc1cc(Nc2nc(NC3CCCCC3N)c(F)cc2C(N)=O)cc(OC)c1OC. The number of carbonyl (C=O) groups is 1. The fourth-order valence-corrected chi connectivity index (χ4v) is 3.68. The quantitative estimate of drug-likeness (QED) is 0.499. The maximum absolute atomic E-state index is 14.7. The number of amides is 1. The lowest BCUT2D eigenvalue weighted by molar-refractivity contribution is 0.100. The highest BCUT2D eigenvalue weighted by Gasteiger charge is 2.25. The van der Waals surface area contributed by atoms with E-state index in [0.717, 1.165) is 31.7 Å². The molecule has 2 unspecified atom stereocenters. The molecule has 1 aromatic heterocycles. The Balaban J connectivity index is 1.98. The topological polar surface area (TPSA) is 134 Å². The lowest BCUT2D eigenvalue weighted by atomic mass is 9.91. The number of anilines is 3. The van der Waals surface area contributed by atoms with E-state index in [9.17, 15) is 9.18 Å². The zero-order valence-electron chi connectivity index (χ0n) is 17.8. The highest BCUT2D eigenvalue weighted by atomic mass is 19.1. The maximum atomic E-state index is 14.7. The number of aromatic nitrogens is 1. The molecule has 2 aromatic rings. The van der Waals surface area contributed by atoms with Gasteiger partial charge in [-0.25, -0.2) is 9.37 Å². The van der Waals surface area contributed by atoms with Crippen molar-refractivity contribution in [1.82, 2.24) is 4.98 Å². The predicted octanol–water partition coefficient (Wildman–Crippen LogP) is 2.77. The molecule has 1 saturated carbocycles. The molecule has 0 aliphatic heterocycles. The Kier molecular flexibility index (Phi) is 7.01. The summed E-state index contributed by atoms with van der Waals surface area (Å²) in [5.41, 5.74) is 12.0. The average molecular weight is 433 g/mol. The minimum atomic E-state index is -0.817. The zero-order chi connectivity index (χ0) is 22.5. The Hall–Kier alpha value is -3.27. The van der Waals surface area contributed by atoms with Crippen LogP contribution in [-0.4, -0.2) is 44.3 Å². The molecule has 31 heavy (non-hydrogen) atoms. The second kappa shape index (κ2) is 9.69. The van der Waals surface area contributed by atoms with Gasteiger partial charge in [-0.2, -0.15) is 0 Å². The Bertz CT molecular complexity index is 931. The summed E-state index contributed by atoms with van der Waals surface area (Å²) in [7, 11) is 4.47. The Morgan fingerprint density at radius 3 is 2.26 bits per heavy atom. The number of ether oxygens (including phenoxy) is 3. The van der Waals surface area contributed by atoms with Crippen molar-refractivity contribution in [3.05, 3.63) is 29.6 Å². The summed E-state index contributed by atoms with van der Waals surface area (Å²) in [4.78, 5) is 16.2. The molecule has 3 rings (SSSR count). The Morgan fingerprint density at radius 1 is 1.06 bits per heavy atom. The molecule has 1 heterocycles. The number of primary amides is 1. The Labute approximate surface area is 180 Å². The smallest absolute Gasteiger partial charge is 0.252 e. The van der Waals surface area contributed by atoms with Crippen LogP contribution in [0.3, 0.4) is 0 Å². The minimum Gasteiger partial charge on any atom is -0.493 e. The molecule has 0 bridgehead atoms. The van der Waals surface area contributed by atoms with Crippen molar-refractivity contribution in [3.8, 4) is 17.2 Å². The van der Waals surface area contributed by atoms with Crippen LogP contribution in [-0.2, 0) is 0 Å². The molecule has 168 valence electrons. The number of nitrogens with zero attached hydrogens (tertiary/aromatic N) is 1. The summed E-state index contributed by atoms with van der Waals surface area (Å²) in [6.07, 6.45) is 3.72. The van der Waals surface area contributed by atoms with Gasteiger partial charge in [0.2, 0.25) is 5.75 Å². The Morgan fingerprint density at radius 2 is 1.71 bits per heavy atom. The summed E-state index contributed by atoms with van der Waals surface area (Å²) in [6, 6.07) is 4.14. The van der Waals surface area contributed by atoms with Gasteiger partial charge in [0.05, 0.1) is 26.9 Å². The highest BCUT2D eigenvalue weighted by Crippen LogP contribution is 2.41. The van der Waals surface area contributed by atoms with Crippen LogP contribution in [0.25, 0.3) is 0 Å². The number of halogens is 1. The van der Waals surface area contributed by atoms with Crippen LogP contribution < -0.4 is 36.3 Å². The minimum absolute atomic E-state index is 0.00212. The fraction of sp³-hybridized carbons (Fsp3) is 0.429. The van der Waals surface area contributed by atoms with Crippen LogP contribution in [0.1, 0.15) is 36.0 Å². The summed E-state index contributed by atoms with van der Waals surface area (Å²) >= 11 is 0. The van der Waals surface area contributed by atoms with Crippen molar-refractivity contribution >= 4 is 23.2 Å². The molecular weight excluding hydrogens is 405 g/mol. The van der Waals surface area contributed by atoms with Gasteiger partial charge >= 0.3 is 0 Å². The van der Waals surface area contributed by atoms with E-state index in [2.05, 4.69) is 15.6 Å². The molecule has 2 atom stereocenters. The van der Waals surface area contributed by atoms with E-state index in [1.807, 2.05) is 0 Å². The first kappa shape index (κ1) is 22.4. The highest BCUT2D eigenvalue weighted by molar-refractivity contribution is 5.98. The lowest BCUT2D eigenvalue weighted by Gasteiger charge is -2.30. The van der Waals surface area contributed by atoms with Crippen LogP contribution in [0.15, 0.2) is 18.2 Å². The van der Waals surface area contributed by atoms with Crippen molar-refractivity contribution in [1.29, 1.82) is 0 Å². The number of methoxy groups -OCH3 is 3. The number of hydrogen-bond donors (Lipinski definition) is 4. The standard InChI is InChI=1S/C21H28FN5O4/c1-29-16-8-11(9-17(30-2)18(16)31-3)25-20-12(19(24)28)10-13(22)21(27-20)26-15-7-5-4-6-14(15)23/h8-10,14-15H,4-7,23H2,1-3H3,(H2,24,28)(H2,25,26,27). The summed E-state index contributed by atoms with van der Waals surface area (Å²) < 4.78 is 30.7. The van der Waals surface area contributed by atoms with E-state index in [1.54, 1.807) is 12.1 Å². The molecule has 1 aliphatic rings.